The molecule has 1 aliphatic rings. The summed E-state index contributed by atoms with van der Waals surface area (Å²) in [6.07, 6.45) is 4.73. The van der Waals surface area contributed by atoms with Gasteiger partial charge in [-0.1, -0.05) is 0 Å². The third-order valence-corrected chi connectivity index (χ3v) is 2.45. The molecule has 0 saturated carbocycles. The summed E-state index contributed by atoms with van der Waals surface area (Å²) in [6, 6.07) is 2.38. The molecule has 1 saturated heterocycles. The van der Waals surface area contributed by atoms with Crippen LogP contribution in [0.1, 0.15) is 6.42 Å². The minimum Gasteiger partial charge on any atom is -0.340 e. The number of anilines is 1. The van der Waals surface area contributed by atoms with Gasteiger partial charge in [0.05, 0.1) is 0 Å². The van der Waals surface area contributed by atoms with Crippen molar-refractivity contribution in [3.63, 3.8) is 0 Å². The van der Waals surface area contributed by atoms with Crippen molar-refractivity contribution in [2.75, 3.05) is 25.0 Å². The van der Waals surface area contributed by atoms with Crippen molar-refractivity contribution >= 4 is 5.95 Å². The molecule has 70 valence electrons. The predicted octanol–water partition coefficient (Wildman–Crippen LogP) is 0.275. The van der Waals surface area contributed by atoms with Crippen molar-refractivity contribution < 1.29 is 0 Å². The van der Waals surface area contributed by atoms with Crippen molar-refractivity contribution in [3.05, 3.63) is 18.5 Å². The SMILES string of the molecule is CN(c1ncccn1)[C@H]1CCNC1. The molecule has 2 heterocycles. The third-order valence-electron chi connectivity index (χ3n) is 2.45. The second-order valence-corrected chi connectivity index (χ2v) is 3.31. The van der Waals surface area contributed by atoms with Crippen LogP contribution in [-0.4, -0.2) is 36.1 Å². The second-order valence-electron chi connectivity index (χ2n) is 3.31. The molecule has 4 heteroatoms. The molecule has 0 unspecified atom stereocenters. The fourth-order valence-electron chi connectivity index (χ4n) is 1.61. The van der Waals surface area contributed by atoms with Crippen LogP contribution in [0.25, 0.3) is 0 Å². The molecule has 0 radical (unpaired) electrons. The molecular formula is C9H14N4. The minimum atomic E-state index is 0.544. The molecule has 1 N–H and O–H groups in total. The summed E-state index contributed by atoms with van der Waals surface area (Å²) in [5, 5.41) is 3.33. The Hall–Kier alpha value is -1.16. The molecule has 1 fully saturated rings. The molecule has 1 aliphatic heterocycles. The van der Waals surface area contributed by atoms with E-state index in [4.69, 9.17) is 0 Å². The van der Waals surface area contributed by atoms with Gasteiger partial charge >= 0.3 is 0 Å². The van der Waals surface area contributed by atoms with E-state index in [0.717, 1.165) is 19.0 Å². The summed E-state index contributed by atoms with van der Waals surface area (Å²) in [6.45, 7) is 2.14. The van der Waals surface area contributed by atoms with E-state index < -0.39 is 0 Å². The van der Waals surface area contributed by atoms with Crippen molar-refractivity contribution in [1.82, 2.24) is 15.3 Å². The van der Waals surface area contributed by atoms with Gasteiger partial charge in [0.1, 0.15) is 0 Å². The van der Waals surface area contributed by atoms with Crippen LogP contribution in [-0.2, 0) is 0 Å². The van der Waals surface area contributed by atoms with Gasteiger partial charge in [0.25, 0.3) is 0 Å². The van der Waals surface area contributed by atoms with E-state index in [2.05, 4.69) is 20.2 Å². The summed E-state index contributed by atoms with van der Waals surface area (Å²) in [5.41, 5.74) is 0. The highest BCUT2D eigenvalue weighted by atomic mass is 15.3. The Balaban J connectivity index is 2.08. The van der Waals surface area contributed by atoms with Gasteiger partial charge in [-0.05, 0) is 19.0 Å². The molecule has 1 atom stereocenters. The second kappa shape index (κ2) is 3.70. The maximum Gasteiger partial charge on any atom is 0.225 e. The zero-order valence-electron chi connectivity index (χ0n) is 7.77. The van der Waals surface area contributed by atoms with Crippen LogP contribution < -0.4 is 10.2 Å². The van der Waals surface area contributed by atoms with Gasteiger partial charge in [0, 0.05) is 32.0 Å². The van der Waals surface area contributed by atoms with E-state index in [-0.39, 0.29) is 0 Å². The topological polar surface area (TPSA) is 41.1 Å². The first-order valence-electron chi connectivity index (χ1n) is 4.58. The number of hydrogen-bond acceptors (Lipinski definition) is 4. The monoisotopic (exact) mass is 178 g/mol. The Kier molecular flexibility index (Phi) is 2.40. The van der Waals surface area contributed by atoms with E-state index in [1.807, 2.05) is 13.1 Å². The zero-order valence-corrected chi connectivity index (χ0v) is 7.77. The molecule has 1 aromatic rings. The van der Waals surface area contributed by atoms with Gasteiger partial charge in [0.15, 0.2) is 0 Å². The summed E-state index contributed by atoms with van der Waals surface area (Å²) in [5.74, 6) is 0.816. The largest absolute Gasteiger partial charge is 0.340 e. The van der Waals surface area contributed by atoms with E-state index >= 15 is 0 Å². The number of hydrogen-bond donors (Lipinski definition) is 1. The molecule has 0 bridgehead atoms. The molecule has 2 rings (SSSR count). The lowest BCUT2D eigenvalue weighted by atomic mass is 10.2. The lowest BCUT2D eigenvalue weighted by molar-refractivity contribution is 0.668. The van der Waals surface area contributed by atoms with E-state index in [9.17, 15) is 0 Å². The van der Waals surface area contributed by atoms with E-state index in [0.29, 0.717) is 6.04 Å². The number of nitrogens with one attached hydrogen (secondary N) is 1. The predicted molar refractivity (Wildman–Crippen MR) is 51.7 cm³/mol. The van der Waals surface area contributed by atoms with Crippen LogP contribution >= 0.6 is 0 Å². The standard InChI is InChI=1S/C9H14N4/c1-13(8-3-6-10-7-8)9-11-4-2-5-12-9/h2,4-5,8,10H,3,6-7H2,1H3/t8-/m0/s1. The molecule has 0 spiro atoms. The first-order chi connectivity index (χ1) is 6.38. The Morgan fingerprint density at radius 2 is 2.23 bits per heavy atom. The van der Waals surface area contributed by atoms with Gasteiger partial charge in [0.2, 0.25) is 5.95 Å². The van der Waals surface area contributed by atoms with Crippen molar-refractivity contribution in [3.8, 4) is 0 Å². The van der Waals surface area contributed by atoms with Crippen molar-refractivity contribution in [1.29, 1.82) is 0 Å². The van der Waals surface area contributed by atoms with Crippen LogP contribution in [0.4, 0.5) is 5.95 Å². The van der Waals surface area contributed by atoms with Gasteiger partial charge in [-0.3, -0.25) is 0 Å². The van der Waals surface area contributed by atoms with Crippen LogP contribution in [0.15, 0.2) is 18.5 Å². The first kappa shape index (κ1) is 8.44. The highest BCUT2D eigenvalue weighted by molar-refractivity contribution is 5.29. The maximum absolute atomic E-state index is 4.21. The summed E-state index contributed by atoms with van der Waals surface area (Å²) in [4.78, 5) is 10.6. The summed E-state index contributed by atoms with van der Waals surface area (Å²) >= 11 is 0. The smallest absolute Gasteiger partial charge is 0.225 e. The molecule has 0 amide bonds. The van der Waals surface area contributed by atoms with Gasteiger partial charge in [-0.25, -0.2) is 9.97 Å². The highest BCUT2D eigenvalue weighted by Crippen LogP contribution is 2.11. The summed E-state index contributed by atoms with van der Waals surface area (Å²) in [7, 11) is 2.05. The normalized spacial score (nSPS) is 21.8. The van der Waals surface area contributed by atoms with Gasteiger partial charge in [-0.2, -0.15) is 0 Å². The molecule has 1 aromatic heterocycles. The van der Waals surface area contributed by atoms with Crippen molar-refractivity contribution in [2.45, 2.75) is 12.5 Å². The van der Waals surface area contributed by atoms with Crippen LogP contribution in [0.3, 0.4) is 0 Å². The number of nitrogens with zero attached hydrogens (tertiary/aromatic N) is 3. The van der Waals surface area contributed by atoms with Crippen LogP contribution in [0.5, 0.6) is 0 Å². The lowest BCUT2D eigenvalue weighted by Crippen LogP contribution is -2.34. The van der Waals surface area contributed by atoms with Gasteiger partial charge < -0.3 is 10.2 Å². The lowest BCUT2D eigenvalue weighted by Gasteiger charge is -2.23. The molecule has 4 nitrogen and oxygen atoms in total. The molecule has 13 heavy (non-hydrogen) atoms. The zero-order chi connectivity index (χ0) is 9.10. The Bertz CT molecular complexity index is 256. The quantitative estimate of drug-likeness (QED) is 0.706. The first-order valence-corrected chi connectivity index (χ1v) is 4.58. The third kappa shape index (κ3) is 1.78. The average molecular weight is 178 g/mol. The number of likely N-dealkylation sites (N-methyl/N-ethyl adjacent to an activating group) is 1. The van der Waals surface area contributed by atoms with E-state index in [1.165, 1.54) is 6.42 Å². The fourth-order valence-corrected chi connectivity index (χ4v) is 1.61. The Morgan fingerprint density at radius 3 is 2.85 bits per heavy atom. The number of aromatic nitrogens is 2. The Labute approximate surface area is 78.0 Å². The van der Waals surface area contributed by atoms with Crippen LogP contribution in [0.2, 0.25) is 0 Å². The molecule has 0 aromatic carbocycles. The van der Waals surface area contributed by atoms with Gasteiger partial charge in [-0.15, -0.1) is 0 Å². The highest BCUT2D eigenvalue weighted by Gasteiger charge is 2.20. The minimum absolute atomic E-state index is 0.544. The maximum atomic E-state index is 4.21. The molecular weight excluding hydrogens is 164 g/mol. The number of rotatable bonds is 2. The Morgan fingerprint density at radius 1 is 1.46 bits per heavy atom. The van der Waals surface area contributed by atoms with Crippen LogP contribution in [0, 0.1) is 0 Å². The van der Waals surface area contributed by atoms with Crippen molar-refractivity contribution in [2.24, 2.45) is 0 Å². The average Bonchev–Trinajstić information content (AvgIpc) is 2.71. The molecule has 0 aliphatic carbocycles. The fraction of sp³-hybridized carbons (Fsp3) is 0.556. The summed E-state index contributed by atoms with van der Waals surface area (Å²) < 4.78 is 0. The van der Waals surface area contributed by atoms with E-state index in [1.54, 1.807) is 12.4 Å².